The Balaban J connectivity index is 1.42. The van der Waals surface area contributed by atoms with Gasteiger partial charge in [0.2, 0.25) is 5.91 Å². The molecule has 4 aliphatic carbocycles. The van der Waals surface area contributed by atoms with E-state index in [9.17, 15) is 14.7 Å². The van der Waals surface area contributed by atoms with Gasteiger partial charge in [-0.2, -0.15) is 0 Å². The summed E-state index contributed by atoms with van der Waals surface area (Å²) >= 11 is 0. The summed E-state index contributed by atoms with van der Waals surface area (Å²) < 4.78 is 0. The first-order valence-electron chi connectivity index (χ1n) is 11.2. The Bertz CT molecular complexity index is 1060. The largest absolute Gasteiger partial charge is 0.481 e. The molecule has 2 heterocycles. The van der Waals surface area contributed by atoms with Gasteiger partial charge in [-0.1, -0.05) is 18.2 Å². The van der Waals surface area contributed by atoms with Crippen LogP contribution in [0.3, 0.4) is 0 Å². The van der Waals surface area contributed by atoms with Crippen LogP contribution in [-0.4, -0.2) is 32.9 Å². The van der Waals surface area contributed by atoms with Gasteiger partial charge in [0, 0.05) is 17.6 Å². The maximum Gasteiger partial charge on any atom is 0.309 e. The quantitative estimate of drug-likeness (QED) is 0.769. The molecule has 1 aromatic heterocycles. The number of aromatic nitrogens is 1. The Hall–Kier alpha value is -2.43. The van der Waals surface area contributed by atoms with Crippen LogP contribution in [0.15, 0.2) is 36.5 Å². The van der Waals surface area contributed by atoms with Crippen LogP contribution in [0.4, 0.5) is 0 Å². The minimum Gasteiger partial charge on any atom is -0.481 e. The third-order valence-electron chi connectivity index (χ3n) is 8.72. The predicted molar refractivity (Wildman–Crippen MR) is 113 cm³/mol. The molecule has 30 heavy (non-hydrogen) atoms. The van der Waals surface area contributed by atoms with Crippen molar-refractivity contribution in [2.45, 2.75) is 58.0 Å². The van der Waals surface area contributed by atoms with Crippen LogP contribution in [0.5, 0.6) is 0 Å². The number of carboxylic acid groups (broad SMARTS) is 1. The highest BCUT2D eigenvalue weighted by Gasteiger charge is 2.65. The van der Waals surface area contributed by atoms with E-state index in [2.05, 4.69) is 35.9 Å². The number of rotatable bonds is 3. The number of β-lactam (4-membered cyclic amide) rings is 1. The molecule has 3 unspecified atom stereocenters. The average Bonchev–Trinajstić information content (AvgIpc) is 2.71. The van der Waals surface area contributed by atoms with E-state index < -0.39 is 16.8 Å². The van der Waals surface area contributed by atoms with E-state index in [-0.39, 0.29) is 18.0 Å². The molecule has 3 atom stereocenters. The third-order valence-corrected chi connectivity index (χ3v) is 8.72. The minimum absolute atomic E-state index is 0.0150. The van der Waals surface area contributed by atoms with E-state index in [0.717, 1.165) is 43.0 Å². The van der Waals surface area contributed by atoms with Crippen molar-refractivity contribution in [3.8, 4) is 0 Å². The van der Waals surface area contributed by atoms with E-state index in [4.69, 9.17) is 0 Å². The number of aliphatic carboxylic acids is 1. The number of pyridine rings is 1. The smallest absolute Gasteiger partial charge is 0.309 e. The highest BCUT2D eigenvalue weighted by atomic mass is 16.4. The summed E-state index contributed by atoms with van der Waals surface area (Å²) in [6, 6.07) is 10.5. The molecule has 1 aliphatic heterocycles. The third kappa shape index (κ3) is 2.21. The van der Waals surface area contributed by atoms with Gasteiger partial charge in [0.25, 0.3) is 0 Å². The Morgan fingerprint density at radius 1 is 1.10 bits per heavy atom. The van der Waals surface area contributed by atoms with E-state index in [1.807, 2.05) is 24.4 Å². The first-order chi connectivity index (χ1) is 14.3. The molecule has 5 heteroatoms. The second kappa shape index (κ2) is 5.83. The Kier molecular flexibility index (Phi) is 3.57. The summed E-state index contributed by atoms with van der Waals surface area (Å²) in [4.78, 5) is 32.2. The SMILES string of the molecule is CC1(C)C(=O)N(C2C3CC4CC2CC(C(=O)O)(C4)C3)C1c1cccc2ncccc12. The van der Waals surface area contributed by atoms with E-state index in [0.29, 0.717) is 17.8 Å². The maximum absolute atomic E-state index is 13.4. The minimum atomic E-state index is -0.618. The summed E-state index contributed by atoms with van der Waals surface area (Å²) in [5.41, 5.74) is 1.13. The zero-order chi connectivity index (χ0) is 20.8. The van der Waals surface area contributed by atoms with Crippen LogP contribution in [0.25, 0.3) is 10.9 Å². The Morgan fingerprint density at radius 2 is 1.83 bits per heavy atom. The molecule has 4 saturated carbocycles. The maximum atomic E-state index is 13.4. The number of carboxylic acids is 1. The van der Waals surface area contributed by atoms with Crippen molar-refractivity contribution in [2.24, 2.45) is 28.6 Å². The van der Waals surface area contributed by atoms with Crippen LogP contribution >= 0.6 is 0 Å². The van der Waals surface area contributed by atoms with Gasteiger partial charge in [-0.15, -0.1) is 0 Å². The van der Waals surface area contributed by atoms with Gasteiger partial charge < -0.3 is 10.0 Å². The molecule has 1 saturated heterocycles. The lowest BCUT2D eigenvalue weighted by atomic mass is 9.47. The second-order valence-electron chi connectivity index (χ2n) is 10.8. The zero-order valence-electron chi connectivity index (χ0n) is 17.5. The van der Waals surface area contributed by atoms with Crippen LogP contribution in [0, 0.1) is 28.6 Å². The van der Waals surface area contributed by atoms with Crippen molar-refractivity contribution in [1.29, 1.82) is 0 Å². The molecule has 1 aromatic carbocycles. The lowest BCUT2D eigenvalue weighted by Crippen LogP contribution is -2.70. The van der Waals surface area contributed by atoms with Gasteiger partial charge >= 0.3 is 5.97 Å². The first kappa shape index (κ1) is 18.3. The highest BCUT2D eigenvalue weighted by molar-refractivity contribution is 5.93. The zero-order valence-corrected chi connectivity index (χ0v) is 17.5. The van der Waals surface area contributed by atoms with Crippen molar-refractivity contribution < 1.29 is 14.7 Å². The van der Waals surface area contributed by atoms with Gasteiger partial charge in [0.15, 0.2) is 0 Å². The Labute approximate surface area is 176 Å². The van der Waals surface area contributed by atoms with Crippen molar-refractivity contribution in [2.75, 3.05) is 0 Å². The Morgan fingerprint density at radius 3 is 2.53 bits per heavy atom. The van der Waals surface area contributed by atoms with Crippen molar-refractivity contribution >= 4 is 22.8 Å². The van der Waals surface area contributed by atoms with Gasteiger partial charge in [0.1, 0.15) is 0 Å². The molecule has 1 N–H and O–H groups in total. The van der Waals surface area contributed by atoms with Gasteiger partial charge in [0.05, 0.1) is 22.4 Å². The second-order valence-corrected chi connectivity index (χ2v) is 10.8. The lowest BCUT2D eigenvalue weighted by molar-refractivity contribution is -0.202. The molecule has 5 nitrogen and oxygen atoms in total. The van der Waals surface area contributed by atoms with E-state index >= 15 is 0 Å². The topological polar surface area (TPSA) is 70.5 Å². The monoisotopic (exact) mass is 404 g/mol. The van der Waals surface area contributed by atoms with Crippen molar-refractivity contribution in [3.63, 3.8) is 0 Å². The molecule has 0 radical (unpaired) electrons. The number of hydrogen-bond acceptors (Lipinski definition) is 3. The normalized spacial score (nSPS) is 38.7. The van der Waals surface area contributed by atoms with E-state index in [1.54, 1.807) is 0 Å². The highest BCUT2D eigenvalue weighted by Crippen LogP contribution is 2.64. The first-order valence-corrected chi connectivity index (χ1v) is 11.2. The molecule has 1 amide bonds. The van der Waals surface area contributed by atoms with Crippen LogP contribution in [0.2, 0.25) is 0 Å². The molecule has 0 spiro atoms. The number of carbonyl (C=O) groups excluding carboxylic acids is 1. The molecule has 156 valence electrons. The van der Waals surface area contributed by atoms with E-state index in [1.165, 1.54) is 5.56 Å². The number of fused-ring (bicyclic) bond motifs is 1. The fraction of sp³-hybridized carbons (Fsp3) is 0.560. The number of nitrogens with zero attached hydrogens (tertiary/aromatic N) is 2. The lowest BCUT2D eigenvalue weighted by Gasteiger charge is -2.66. The number of hydrogen-bond donors (Lipinski definition) is 1. The fourth-order valence-electron chi connectivity index (χ4n) is 7.77. The number of benzene rings is 1. The van der Waals surface area contributed by atoms with Gasteiger partial charge in [-0.25, -0.2) is 0 Å². The summed E-state index contributed by atoms with van der Waals surface area (Å²) in [6.07, 6.45) is 6.25. The molecule has 4 bridgehead atoms. The fourth-order valence-corrected chi connectivity index (χ4v) is 7.77. The molecule has 5 aliphatic rings. The van der Waals surface area contributed by atoms with Gasteiger partial charge in [-0.05, 0) is 81.4 Å². The average molecular weight is 405 g/mol. The number of carbonyl (C=O) groups is 2. The van der Waals surface area contributed by atoms with Gasteiger partial charge in [-0.3, -0.25) is 14.6 Å². The van der Waals surface area contributed by atoms with Crippen LogP contribution < -0.4 is 0 Å². The van der Waals surface area contributed by atoms with Crippen LogP contribution in [0.1, 0.15) is 57.6 Å². The van der Waals surface area contributed by atoms with Crippen LogP contribution in [-0.2, 0) is 9.59 Å². The molecular weight excluding hydrogens is 376 g/mol. The summed E-state index contributed by atoms with van der Waals surface area (Å²) in [5.74, 6) is 0.730. The predicted octanol–water partition coefficient (Wildman–Crippen LogP) is 4.42. The standard InChI is InChI=1S/C25H28N2O3/c1-24(2)21(18-5-3-7-19-17(18)6-4-8-26-19)27(22(24)28)20-15-9-14-10-16(20)13-25(11-14,12-15)23(29)30/h3-8,14-16,20-21H,9-13H2,1-2H3,(H,29,30). The van der Waals surface area contributed by atoms with Crippen molar-refractivity contribution in [3.05, 3.63) is 42.1 Å². The summed E-state index contributed by atoms with van der Waals surface area (Å²) in [7, 11) is 0. The summed E-state index contributed by atoms with van der Waals surface area (Å²) in [6.45, 7) is 4.11. The number of likely N-dealkylation sites (tertiary alicyclic amines) is 1. The molecule has 5 fully saturated rings. The molecule has 7 rings (SSSR count). The number of amides is 1. The van der Waals surface area contributed by atoms with Crippen molar-refractivity contribution in [1.82, 2.24) is 9.88 Å². The molecular formula is C25H28N2O3. The summed E-state index contributed by atoms with van der Waals surface area (Å²) in [5, 5.41) is 11.1. The molecule has 2 aromatic rings.